The molecule has 3 fully saturated rings. The molecule has 1 aromatic carbocycles. The molecule has 9 heteroatoms. The smallest absolute Gasteiger partial charge is 0.326 e. The molecule has 30 heavy (non-hydrogen) atoms. The van der Waals surface area contributed by atoms with Gasteiger partial charge in [0.1, 0.15) is 6.54 Å². The summed E-state index contributed by atoms with van der Waals surface area (Å²) in [5, 5.41) is 2.71. The van der Waals surface area contributed by atoms with E-state index in [1.807, 2.05) is 32.0 Å². The summed E-state index contributed by atoms with van der Waals surface area (Å²) in [6.45, 7) is 2.84. The molecule has 2 aliphatic carbocycles. The predicted molar refractivity (Wildman–Crippen MR) is 116 cm³/mol. The van der Waals surface area contributed by atoms with Gasteiger partial charge in [-0.15, -0.1) is 0 Å². The Morgan fingerprint density at radius 3 is 2.30 bits per heavy atom. The number of benzene rings is 1. The van der Waals surface area contributed by atoms with Crippen molar-refractivity contribution in [2.45, 2.75) is 29.9 Å². The van der Waals surface area contributed by atoms with Crippen LogP contribution in [-0.2, 0) is 23.9 Å². The van der Waals surface area contributed by atoms with Crippen molar-refractivity contribution in [3.05, 3.63) is 29.3 Å². The van der Waals surface area contributed by atoms with Crippen LogP contribution in [-0.4, -0.2) is 51.4 Å². The minimum Gasteiger partial charge on any atom is -0.454 e. The van der Waals surface area contributed by atoms with Gasteiger partial charge in [-0.1, -0.05) is 44.0 Å². The van der Waals surface area contributed by atoms with Gasteiger partial charge in [0.2, 0.25) is 11.8 Å². The Kier molecular flexibility index (Phi) is 5.78. The fraction of sp³-hybridized carbons (Fsp3) is 0.524. The van der Waals surface area contributed by atoms with Crippen molar-refractivity contribution in [1.29, 1.82) is 0 Å². The lowest BCUT2D eigenvalue weighted by Crippen LogP contribution is -2.38. The van der Waals surface area contributed by atoms with E-state index in [0.29, 0.717) is 5.69 Å². The Morgan fingerprint density at radius 2 is 1.70 bits per heavy atom. The Balaban J connectivity index is 1.32. The van der Waals surface area contributed by atoms with Gasteiger partial charge in [0.15, 0.2) is 6.61 Å². The molecular formula is C21H22Br2N2O5. The van der Waals surface area contributed by atoms with Crippen LogP contribution in [0.15, 0.2) is 18.2 Å². The van der Waals surface area contributed by atoms with Crippen molar-refractivity contribution in [3.8, 4) is 0 Å². The van der Waals surface area contributed by atoms with Gasteiger partial charge in [-0.05, 0) is 49.3 Å². The average Bonchev–Trinajstić information content (AvgIpc) is 3.30. The van der Waals surface area contributed by atoms with E-state index in [-0.39, 0.29) is 45.1 Å². The number of hydrogen-bond donors (Lipinski definition) is 1. The zero-order chi connectivity index (χ0) is 21.7. The second kappa shape index (κ2) is 8.07. The quantitative estimate of drug-likeness (QED) is 0.351. The molecule has 7 nitrogen and oxygen atoms in total. The zero-order valence-electron chi connectivity index (χ0n) is 16.6. The molecule has 1 saturated heterocycles. The Labute approximate surface area is 191 Å². The number of amides is 3. The number of alkyl halides is 2. The summed E-state index contributed by atoms with van der Waals surface area (Å²) in [5.41, 5.74) is 2.54. The van der Waals surface area contributed by atoms with E-state index in [4.69, 9.17) is 4.74 Å². The Bertz CT molecular complexity index is 904. The van der Waals surface area contributed by atoms with E-state index >= 15 is 0 Å². The molecule has 0 unspecified atom stereocenters. The summed E-state index contributed by atoms with van der Waals surface area (Å²) in [6, 6.07) is 5.66. The largest absolute Gasteiger partial charge is 0.454 e. The molecule has 160 valence electrons. The number of aryl methyl sites for hydroxylation is 2. The van der Waals surface area contributed by atoms with Gasteiger partial charge in [-0.3, -0.25) is 24.1 Å². The van der Waals surface area contributed by atoms with E-state index in [1.165, 1.54) is 0 Å². The summed E-state index contributed by atoms with van der Waals surface area (Å²) in [7, 11) is 0. The van der Waals surface area contributed by atoms with Crippen molar-refractivity contribution in [1.82, 2.24) is 4.90 Å². The molecule has 6 atom stereocenters. The third kappa shape index (κ3) is 3.60. The second-order valence-electron chi connectivity index (χ2n) is 8.29. The Morgan fingerprint density at radius 1 is 1.10 bits per heavy atom. The van der Waals surface area contributed by atoms with Gasteiger partial charge in [-0.25, -0.2) is 0 Å². The van der Waals surface area contributed by atoms with Gasteiger partial charge < -0.3 is 10.1 Å². The lowest BCUT2D eigenvalue weighted by molar-refractivity contribution is -0.154. The van der Waals surface area contributed by atoms with Gasteiger partial charge >= 0.3 is 5.97 Å². The van der Waals surface area contributed by atoms with Crippen LogP contribution in [0.4, 0.5) is 5.69 Å². The molecule has 2 saturated carbocycles. The lowest BCUT2D eigenvalue weighted by atomic mass is 9.81. The number of anilines is 1. The van der Waals surface area contributed by atoms with Crippen LogP contribution < -0.4 is 5.32 Å². The molecular weight excluding hydrogens is 520 g/mol. The van der Waals surface area contributed by atoms with E-state index in [9.17, 15) is 19.2 Å². The third-order valence-electron chi connectivity index (χ3n) is 6.40. The monoisotopic (exact) mass is 540 g/mol. The van der Waals surface area contributed by atoms with Gasteiger partial charge in [0, 0.05) is 15.3 Å². The molecule has 0 spiro atoms. The standard InChI is InChI=1S/C21H22Br2N2O5/c1-9-3-4-10(2)13(5-9)24-14(26)8-30-15(27)7-25-20(28)16-11-6-12(17(16)21(25)29)19(23)18(11)22/h3-5,11-12,16-19H,6-8H2,1-2H3,(H,24,26)/t11-,12-,16-,17-,18-,19+/m1/s1. The van der Waals surface area contributed by atoms with E-state index in [0.717, 1.165) is 22.4 Å². The number of imide groups is 1. The zero-order valence-corrected chi connectivity index (χ0v) is 19.7. The van der Waals surface area contributed by atoms with Crippen molar-refractivity contribution in [2.24, 2.45) is 23.7 Å². The molecule has 3 amide bonds. The molecule has 1 heterocycles. The molecule has 3 aliphatic rings. The highest BCUT2D eigenvalue weighted by molar-refractivity contribution is 9.12. The third-order valence-corrected chi connectivity index (χ3v) is 9.60. The second-order valence-corrected chi connectivity index (χ2v) is 10.4. The maximum absolute atomic E-state index is 12.8. The van der Waals surface area contributed by atoms with Crippen LogP contribution in [0.2, 0.25) is 0 Å². The minimum atomic E-state index is -0.772. The first-order valence-corrected chi connectivity index (χ1v) is 11.7. The molecule has 0 radical (unpaired) electrons. The fourth-order valence-electron chi connectivity index (χ4n) is 4.94. The topological polar surface area (TPSA) is 92.8 Å². The minimum absolute atomic E-state index is 0.0881. The summed E-state index contributed by atoms with van der Waals surface area (Å²) < 4.78 is 5.02. The number of rotatable bonds is 5. The number of ether oxygens (including phenoxy) is 1. The van der Waals surface area contributed by atoms with Gasteiger partial charge in [0.25, 0.3) is 5.91 Å². The first-order valence-electron chi connectivity index (χ1n) is 9.85. The molecule has 1 aromatic rings. The average molecular weight is 542 g/mol. The van der Waals surface area contributed by atoms with E-state index in [1.54, 1.807) is 0 Å². The predicted octanol–water partition coefficient (Wildman–Crippen LogP) is 2.56. The number of hydrogen-bond acceptors (Lipinski definition) is 5. The number of fused-ring (bicyclic) bond motifs is 5. The summed E-state index contributed by atoms with van der Waals surface area (Å²) in [5.74, 6) is -2.44. The number of carbonyl (C=O) groups is 4. The van der Waals surface area contributed by atoms with Crippen molar-refractivity contribution >= 4 is 61.2 Å². The first-order chi connectivity index (χ1) is 14.2. The summed E-state index contributed by atoms with van der Waals surface area (Å²) >= 11 is 7.26. The van der Waals surface area contributed by atoms with Crippen LogP contribution >= 0.6 is 31.9 Å². The van der Waals surface area contributed by atoms with E-state index in [2.05, 4.69) is 37.2 Å². The lowest BCUT2D eigenvalue weighted by Gasteiger charge is -2.28. The molecule has 2 bridgehead atoms. The molecule has 1 N–H and O–H groups in total. The molecule has 4 rings (SSSR count). The van der Waals surface area contributed by atoms with Crippen LogP contribution in [0.3, 0.4) is 0 Å². The summed E-state index contributed by atoms with van der Waals surface area (Å²) in [4.78, 5) is 51.2. The maximum atomic E-state index is 12.8. The van der Waals surface area contributed by atoms with Gasteiger partial charge in [0.05, 0.1) is 11.8 Å². The first kappa shape index (κ1) is 21.5. The highest BCUT2D eigenvalue weighted by Crippen LogP contribution is 2.60. The van der Waals surface area contributed by atoms with Crippen LogP contribution in [0.25, 0.3) is 0 Å². The summed E-state index contributed by atoms with van der Waals surface area (Å²) in [6.07, 6.45) is 0.829. The fourth-order valence-corrected chi connectivity index (χ4v) is 6.82. The number of nitrogens with one attached hydrogen (secondary N) is 1. The number of nitrogens with zero attached hydrogens (tertiary/aromatic N) is 1. The molecule has 0 aromatic heterocycles. The van der Waals surface area contributed by atoms with Crippen LogP contribution in [0.1, 0.15) is 17.5 Å². The van der Waals surface area contributed by atoms with Crippen molar-refractivity contribution < 1.29 is 23.9 Å². The number of likely N-dealkylation sites (tertiary alicyclic amines) is 1. The number of halogens is 2. The van der Waals surface area contributed by atoms with Crippen molar-refractivity contribution in [2.75, 3.05) is 18.5 Å². The van der Waals surface area contributed by atoms with Gasteiger partial charge in [-0.2, -0.15) is 0 Å². The highest BCUT2D eigenvalue weighted by atomic mass is 79.9. The normalized spacial score (nSPS) is 31.8. The maximum Gasteiger partial charge on any atom is 0.326 e. The molecule has 1 aliphatic heterocycles. The number of carbonyl (C=O) groups excluding carboxylic acids is 4. The highest BCUT2D eigenvalue weighted by Gasteiger charge is 2.66. The van der Waals surface area contributed by atoms with Crippen molar-refractivity contribution in [3.63, 3.8) is 0 Å². The van der Waals surface area contributed by atoms with Crippen LogP contribution in [0, 0.1) is 37.5 Å². The van der Waals surface area contributed by atoms with Crippen LogP contribution in [0.5, 0.6) is 0 Å². The number of esters is 1. The van der Waals surface area contributed by atoms with E-state index < -0.39 is 25.0 Å². The SMILES string of the molecule is Cc1ccc(C)c(NC(=O)COC(=O)CN2C(=O)[C@@H]3[C@H]4C[C@@H]([C@@H](Br)[C@H]4Br)[C@H]3C2=O)c1. The Hall–Kier alpha value is -1.74.